The fourth-order valence-corrected chi connectivity index (χ4v) is 7.76. The average Bonchev–Trinajstić information content (AvgIpc) is 3.45. The van der Waals surface area contributed by atoms with Crippen LogP contribution in [0, 0.1) is 36.5 Å². The highest BCUT2D eigenvalue weighted by molar-refractivity contribution is 8.13. The Kier molecular flexibility index (Phi) is 14.7. The van der Waals surface area contributed by atoms with E-state index < -0.39 is 19.2 Å². The quantitative estimate of drug-likeness (QED) is 0.156. The lowest BCUT2D eigenvalue weighted by Gasteiger charge is -2.17. The van der Waals surface area contributed by atoms with Crippen LogP contribution in [0.5, 0.6) is 0 Å². The molecule has 9 heteroatoms. The minimum atomic E-state index is -3.60. The van der Waals surface area contributed by atoms with Crippen molar-refractivity contribution in [3.63, 3.8) is 0 Å². The summed E-state index contributed by atoms with van der Waals surface area (Å²) in [6.07, 6.45) is 12.0. The van der Waals surface area contributed by atoms with Gasteiger partial charge in [-0.05, 0) is 125 Å². The van der Waals surface area contributed by atoms with Gasteiger partial charge in [-0.25, -0.2) is 8.42 Å². The maximum absolute atomic E-state index is 12.0. The molecule has 0 unspecified atom stereocenters. The van der Waals surface area contributed by atoms with Gasteiger partial charge in [0.25, 0.3) is 19.2 Å². The van der Waals surface area contributed by atoms with Crippen LogP contribution in [0.25, 0.3) is 0 Å². The second-order valence-electron chi connectivity index (χ2n) is 13.9. The monoisotopic (exact) mass is 656 g/mol. The van der Waals surface area contributed by atoms with E-state index in [2.05, 4.69) is 27.7 Å². The Morgan fingerprint density at radius 3 is 1.53 bits per heavy atom. The summed E-state index contributed by atoms with van der Waals surface area (Å²) in [5.74, 6) is 1.63. The zero-order chi connectivity index (χ0) is 32.3. The van der Waals surface area contributed by atoms with E-state index in [0.717, 1.165) is 42.2 Å². The van der Waals surface area contributed by atoms with E-state index in [1.807, 2.05) is 13.8 Å². The molecule has 2 aliphatic carbocycles. The number of rotatable bonds is 10. The molecule has 0 aliphatic heterocycles. The Morgan fingerprint density at radius 2 is 1.16 bits per heavy atom. The first kappa shape index (κ1) is 37.7. The van der Waals surface area contributed by atoms with E-state index in [9.17, 15) is 16.8 Å². The standard InChI is InChI=1S/C17H26O3S.C10H20O.C7H7ClO2S/c1-14-6-8-16(9-7-14)21(18,19)20-12-4-5-15-10-11-17(2,3)13-15;1-10(2)6-5-9(8-10)4-3-7-11;1-6-2-4-7(5-3-6)11(8,9)10/h6-9,15H,4-5,10-13H2,1-3H3;9,11H,3-8H2,1-2H3;2-5H,1H3/t15-;9-;/m11./s1. The normalized spacial score (nSPS) is 20.9. The molecule has 0 saturated heterocycles. The molecule has 0 spiro atoms. The van der Waals surface area contributed by atoms with Gasteiger partial charge in [0.2, 0.25) is 0 Å². The van der Waals surface area contributed by atoms with Crippen molar-refractivity contribution >= 4 is 29.9 Å². The van der Waals surface area contributed by atoms with Crippen molar-refractivity contribution in [2.45, 2.75) is 116 Å². The van der Waals surface area contributed by atoms with Gasteiger partial charge >= 0.3 is 0 Å². The van der Waals surface area contributed by atoms with Gasteiger partial charge in [-0.15, -0.1) is 0 Å². The molecule has 0 heterocycles. The minimum absolute atomic E-state index is 0.143. The summed E-state index contributed by atoms with van der Waals surface area (Å²) in [4.78, 5) is 0.389. The van der Waals surface area contributed by atoms with Crippen LogP contribution in [-0.2, 0) is 23.4 Å². The van der Waals surface area contributed by atoms with Crippen LogP contribution in [0.3, 0.4) is 0 Å². The lowest BCUT2D eigenvalue weighted by atomic mass is 9.89. The van der Waals surface area contributed by atoms with E-state index in [1.165, 1.54) is 57.1 Å². The van der Waals surface area contributed by atoms with Crippen molar-refractivity contribution in [1.29, 1.82) is 0 Å². The lowest BCUT2D eigenvalue weighted by molar-refractivity contribution is 0.266. The summed E-state index contributed by atoms with van der Waals surface area (Å²) in [5, 5.41) is 8.66. The Bertz CT molecular complexity index is 1320. The number of hydrogen-bond donors (Lipinski definition) is 1. The van der Waals surface area contributed by atoms with Crippen LogP contribution >= 0.6 is 10.7 Å². The number of halogens is 1. The third kappa shape index (κ3) is 14.5. The van der Waals surface area contributed by atoms with Crippen molar-refractivity contribution in [2.24, 2.45) is 22.7 Å². The zero-order valence-corrected chi connectivity index (χ0v) is 29.3. The summed E-state index contributed by atoms with van der Waals surface area (Å²) in [6.45, 7) is 13.8. The molecule has 0 aromatic heterocycles. The molecule has 4 rings (SSSR count). The summed E-state index contributed by atoms with van der Waals surface area (Å²) in [5.41, 5.74) is 3.09. The van der Waals surface area contributed by atoms with Gasteiger partial charge in [-0.3, -0.25) is 4.18 Å². The predicted octanol–water partition coefficient (Wildman–Crippen LogP) is 8.81. The molecule has 0 bridgehead atoms. The first-order valence-electron chi connectivity index (χ1n) is 15.5. The van der Waals surface area contributed by atoms with Gasteiger partial charge in [0.05, 0.1) is 16.4 Å². The van der Waals surface area contributed by atoms with E-state index in [4.69, 9.17) is 20.0 Å². The molecule has 2 aromatic carbocycles. The van der Waals surface area contributed by atoms with Crippen molar-refractivity contribution in [1.82, 2.24) is 0 Å². The molecular weight excluding hydrogens is 604 g/mol. The molecule has 0 radical (unpaired) electrons. The molecule has 244 valence electrons. The molecule has 2 atom stereocenters. The fourth-order valence-electron chi connectivity index (χ4n) is 6.05. The highest BCUT2D eigenvalue weighted by atomic mass is 35.7. The van der Waals surface area contributed by atoms with Gasteiger partial charge in [-0.2, -0.15) is 8.42 Å². The van der Waals surface area contributed by atoms with Gasteiger partial charge in [0.15, 0.2) is 0 Å². The first-order chi connectivity index (χ1) is 19.9. The van der Waals surface area contributed by atoms with Crippen LogP contribution in [0.15, 0.2) is 58.3 Å². The summed E-state index contributed by atoms with van der Waals surface area (Å²) in [6, 6.07) is 13.2. The largest absolute Gasteiger partial charge is 0.396 e. The highest BCUT2D eigenvalue weighted by Gasteiger charge is 2.31. The van der Waals surface area contributed by atoms with E-state index in [0.29, 0.717) is 17.4 Å². The molecule has 2 aromatic rings. The number of aliphatic hydroxyl groups excluding tert-OH is 1. The van der Waals surface area contributed by atoms with Crippen molar-refractivity contribution in [2.75, 3.05) is 13.2 Å². The maximum Gasteiger partial charge on any atom is 0.296 e. The van der Waals surface area contributed by atoms with Crippen LogP contribution in [0.2, 0.25) is 0 Å². The Morgan fingerprint density at radius 1 is 0.744 bits per heavy atom. The lowest BCUT2D eigenvalue weighted by Crippen LogP contribution is -2.09. The van der Waals surface area contributed by atoms with Crippen LogP contribution in [0.1, 0.15) is 103 Å². The molecule has 2 fully saturated rings. The third-order valence-corrected chi connectivity index (χ3v) is 11.2. The van der Waals surface area contributed by atoms with Crippen molar-refractivity contribution in [3.05, 3.63) is 59.7 Å². The molecule has 6 nitrogen and oxygen atoms in total. The molecule has 2 aliphatic rings. The summed E-state index contributed by atoms with van der Waals surface area (Å²) >= 11 is 0. The first-order valence-corrected chi connectivity index (χ1v) is 19.2. The number of benzene rings is 2. The zero-order valence-electron chi connectivity index (χ0n) is 26.9. The van der Waals surface area contributed by atoms with Crippen molar-refractivity contribution < 1.29 is 26.1 Å². The van der Waals surface area contributed by atoms with Gasteiger partial charge < -0.3 is 5.11 Å². The average molecular weight is 657 g/mol. The third-order valence-electron chi connectivity index (χ3n) is 8.52. The smallest absolute Gasteiger partial charge is 0.296 e. The summed E-state index contributed by atoms with van der Waals surface area (Å²) in [7, 11) is -2.06. The maximum atomic E-state index is 12.0. The Balaban J connectivity index is 0.000000247. The molecular formula is C34H53ClO6S2. The van der Waals surface area contributed by atoms with E-state index >= 15 is 0 Å². The number of aliphatic hydroxyl groups is 1. The second kappa shape index (κ2) is 16.7. The number of aryl methyl sites for hydroxylation is 2. The second-order valence-corrected chi connectivity index (χ2v) is 18.1. The van der Waals surface area contributed by atoms with E-state index in [-0.39, 0.29) is 16.4 Å². The van der Waals surface area contributed by atoms with Gasteiger partial charge in [0, 0.05) is 17.3 Å². The highest BCUT2D eigenvalue weighted by Crippen LogP contribution is 2.43. The molecule has 1 N–H and O–H groups in total. The Hall–Kier alpha value is -1.45. The SMILES string of the molecule is CC1(C)CC[C@@H](CCCO)C1.Cc1ccc(S(=O)(=O)Cl)cc1.Cc1ccc(S(=O)(=O)OCCC[C@@H]2CCC(C)(C)C2)cc1. The van der Waals surface area contributed by atoms with Gasteiger partial charge in [0.1, 0.15) is 0 Å². The number of hydrogen-bond acceptors (Lipinski definition) is 6. The predicted molar refractivity (Wildman–Crippen MR) is 176 cm³/mol. The van der Waals surface area contributed by atoms with E-state index in [1.54, 1.807) is 36.4 Å². The summed E-state index contributed by atoms with van der Waals surface area (Å²) < 4.78 is 50.6. The van der Waals surface area contributed by atoms with Crippen LogP contribution < -0.4 is 0 Å². The molecule has 0 amide bonds. The Labute approximate surface area is 266 Å². The molecule has 2 saturated carbocycles. The van der Waals surface area contributed by atoms with Crippen LogP contribution in [0.4, 0.5) is 0 Å². The van der Waals surface area contributed by atoms with Crippen molar-refractivity contribution in [3.8, 4) is 0 Å². The topological polar surface area (TPSA) is 97.7 Å². The fraction of sp³-hybridized carbons (Fsp3) is 0.647. The molecule has 43 heavy (non-hydrogen) atoms. The van der Waals surface area contributed by atoms with Gasteiger partial charge in [-0.1, -0.05) is 63.1 Å². The van der Waals surface area contributed by atoms with Crippen LogP contribution in [-0.4, -0.2) is 35.2 Å². The minimum Gasteiger partial charge on any atom is -0.396 e.